The summed E-state index contributed by atoms with van der Waals surface area (Å²) in [6.45, 7) is 8.34. The number of hydrogen-bond acceptors (Lipinski definition) is 2. The van der Waals surface area contributed by atoms with Crippen molar-refractivity contribution in [3.8, 4) is 0 Å². The van der Waals surface area contributed by atoms with Gasteiger partial charge in [-0.05, 0) is 23.6 Å². The van der Waals surface area contributed by atoms with Crippen molar-refractivity contribution >= 4 is 5.91 Å². The second-order valence-corrected chi connectivity index (χ2v) is 6.02. The Morgan fingerprint density at radius 2 is 2.10 bits per heavy atom. The van der Waals surface area contributed by atoms with E-state index in [0.29, 0.717) is 6.54 Å². The van der Waals surface area contributed by atoms with Gasteiger partial charge in [-0.3, -0.25) is 4.79 Å². The standard InChI is InChI=1S/C16H25FN2O/c1-5-11(2)14(18)15(20)19-10-16(3,4)12-7-6-8-13(17)9-12/h6-9,11,14H,5,10,18H2,1-4H3,(H,19,20). The third-order valence-corrected chi connectivity index (χ3v) is 3.87. The molecule has 3 N–H and O–H groups in total. The topological polar surface area (TPSA) is 55.1 Å². The van der Waals surface area contributed by atoms with Gasteiger partial charge in [-0.1, -0.05) is 46.2 Å². The lowest BCUT2D eigenvalue weighted by molar-refractivity contribution is -0.123. The van der Waals surface area contributed by atoms with Gasteiger partial charge in [-0.2, -0.15) is 0 Å². The Morgan fingerprint density at radius 3 is 2.65 bits per heavy atom. The fraction of sp³-hybridized carbons (Fsp3) is 0.562. The van der Waals surface area contributed by atoms with Crippen LogP contribution in [0.15, 0.2) is 24.3 Å². The molecule has 0 aliphatic heterocycles. The smallest absolute Gasteiger partial charge is 0.237 e. The Bertz CT molecular complexity index is 460. The van der Waals surface area contributed by atoms with Gasteiger partial charge in [-0.15, -0.1) is 0 Å². The first kappa shape index (κ1) is 16.6. The number of carbonyl (C=O) groups is 1. The zero-order valence-electron chi connectivity index (χ0n) is 12.7. The van der Waals surface area contributed by atoms with Gasteiger partial charge >= 0.3 is 0 Å². The Labute approximate surface area is 120 Å². The number of halogens is 1. The van der Waals surface area contributed by atoms with E-state index in [0.717, 1.165) is 12.0 Å². The van der Waals surface area contributed by atoms with Crippen molar-refractivity contribution in [2.24, 2.45) is 11.7 Å². The van der Waals surface area contributed by atoms with E-state index in [1.54, 1.807) is 6.07 Å². The second kappa shape index (κ2) is 6.84. The first-order valence-corrected chi connectivity index (χ1v) is 7.07. The van der Waals surface area contributed by atoms with Gasteiger partial charge in [-0.25, -0.2) is 4.39 Å². The Hall–Kier alpha value is -1.42. The minimum atomic E-state index is -0.497. The van der Waals surface area contributed by atoms with Gasteiger partial charge in [0.1, 0.15) is 5.82 Å². The molecular formula is C16H25FN2O. The summed E-state index contributed by atoms with van der Waals surface area (Å²) < 4.78 is 13.3. The molecule has 1 aromatic rings. The quantitative estimate of drug-likeness (QED) is 0.841. The molecule has 112 valence electrons. The van der Waals surface area contributed by atoms with Gasteiger partial charge in [0.2, 0.25) is 5.91 Å². The Balaban J connectivity index is 2.66. The third-order valence-electron chi connectivity index (χ3n) is 3.87. The Kier molecular flexibility index (Phi) is 5.69. The number of benzene rings is 1. The minimum Gasteiger partial charge on any atom is -0.354 e. The summed E-state index contributed by atoms with van der Waals surface area (Å²) in [5.41, 5.74) is 6.41. The highest BCUT2D eigenvalue weighted by Gasteiger charge is 2.25. The number of nitrogens with one attached hydrogen (secondary N) is 1. The highest BCUT2D eigenvalue weighted by atomic mass is 19.1. The maximum Gasteiger partial charge on any atom is 0.237 e. The van der Waals surface area contributed by atoms with Crippen LogP contribution in [0, 0.1) is 11.7 Å². The van der Waals surface area contributed by atoms with E-state index in [2.05, 4.69) is 5.32 Å². The monoisotopic (exact) mass is 280 g/mol. The molecule has 0 heterocycles. The van der Waals surface area contributed by atoms with Crippen LogP contribution >= 0.6 is 0 Å². The molecule has 2 atom stereocenters. The molecule has 3 nitrogen and oxygen atoms in total. The minimum absolute atomic E-state index is 0.146. The highest BCUT2D eigenvalue weighted by Crippen LogP contribution is 2.23. The van der Waals surface area contributed by atoms with Crippen LogP contribution in [0.25, 0.3) is 0 Å². The van der Waals surface area contributed by atoms with Crippen molar-refractivity contribution in [2.75, 3.05) is 6.54 Å². The SMILES string of the molecule is CCC(C)C(N)C(=O)NCC(C)(C)c1cccc(F)c1. The van der Waals surface area contributed by atoms with Crippen molar-refractivity contribution in [2.45, 2.75) is 45.6 Å². The average molecular weight is 280 g/mol. The van der Waals surface area contributed by atoms with E-state index in [-0.39, 0.29) is 23.1 Å². The number of amides is 1. The summed E-state index contributed by atoms with van der Waals surface area (Å²) in [5, 5.41) is 2.87. The van der Waals surface area contributed by atoms with E-state index in [4.69, 9.17) is 5.73 Å². The van der Waals surface area contributed by atoms with Crippen LogP contribution < -0.4 is 11.1 Å². The molecule has 1 amide bonds. The second-order valence-electron chi connectivity index (χ2n) is 6.02. The maximum atomic E-state index is 13.3. The van der Waals surface area contributed by atoms with E-state index < -0.39 is 6.04 Å². The fourth-order valence-electron chi connectivity index (χ4n) is 1.95. The molecular weight excluding hydrogens is 255 g/mol. The van der Waals surface area contributed by atoms with Crippen LogP contribution in [0.2, 0.25) is 0 Å². The first-order chi connectivity index (χ1) is 9.27. The van der Waals surface area contributed by atoms with Crippen LogP contribution in [-0.4, -0.2) is 18.5 Å². The molecule has 0 aromatic heterocycles. The lowest BCUT2D eigenvalue weighted by atomic mass is 9.84. The predicted molar refractivity (Wildman–Crippen MR) is 79.9 cm³/mol. The van der Waals surface area contributed by atoms with Gasteiger partial charge in [0.15, 0.2) is 0 Å². The third kappa shape index (κ3) is 4.30. The van der Waals surface area contributed by atoms with E-state index >= 15 is 0 Å². The lowest BCUT2D eigenvalue weighted by Crippen LogP contribution is -2.47. The van der Waals surface area contributed by atoms with Gasteiger partial charge in [0.05, 0.1) is 6.04 Å². The molecule has 0 aliphatic carbocycles. The molecule has 1 rings (SSSR count). The zero-order valence-corrected chi connectivity index (χ0v) is 12.7. The van der Waals surface area contributed by atoms with E-state index in [1.165, 1.54) is 12.1 Å². The summed E-state index contributed by atoms with van der Waals surface area (Å²) in [4.78, 5) is 12.0. The summed E-state index contributed by atoms with van der Waals surface area (Å²) in [5.74, 6) is -0.269. The normalized spacial score (nSPS) is 14.7. The number of rotatable bonds is 6. The number of nitrogens with two attached hydrogens (primary N) is 1. The van der Waals surface area contributed by atoms with Crippen molar-refractivity contribution < 1.29 is 9.18 Å². The predicted octanol–water partition coefficient (Wildman–Crippen LogP) is 2.59. The summed E-state index contributed by atoms with van der Waals surface area (Å²) in [6, 6.07) is 5.96. The van der Waals surface area contributed by atoms with Gasteiger partial charge in [0.25, 0.3) is 0 Å². The average Bonchev–Trinajstić information content (AvgIpc) is 2.43. The number of hydrogen-bond donors (Lipinski definition) is 2. The zero-order chi connectivity index (χ0) is 15.3. The molecule has 0 fully saturated rings. The van der Waals surface area contributed by atoms with Crippen molar-refractivity contribution in [3.05, 3.63) is 35.6 Å². The largest absolute Gasteiger partial charge is 0.354 e. The van der Waals surface area contributed by atoms with Crippen molar-refractivity contribution in [3.63, 3.8) is 0 Å². The number of carbonyl (C=O) groups excluding carboxylic acids is 1. The lowest BCUT2D eigenvalue weighted by Gasteiger charge is -2.27. The van der Waals surface area contributed by atoms with Crippen LogP contribution in [0.1, 0.15) is 39.7 Å². The molecule has 1 aromatic carbocycles. The highest BCUT2D eigenvalue weighted by molar-refractivity contribution is 5.81. The van der Waals surface area contributed by atoms with E-state index in [9.17, 15) is 9.18 Å². The molecule has 20 heavy (non-hydrogen) atoms. The molecule has 4 heteroatoms. The van der Waals surface area contributed by atoms with Gasteiger partial charge in [0, 0.05) is 12.0 Å². The van der Waals surface area contributed by atoms with Crippen molar-refractivity contribution in [1.82, 2.24) is 5.32 Å². The molecule has 0 bridgehead atoms. The van der Waals surface area contributed by atoms with Crippen LogP contribution in [0.5, 0.6) is 0 Å². The summed E-state index contributed by atoms with van der Waals surface area (Å²) in [6.07, 6.45) is 0.863. The Morgan fingerprint density at radius 1 is 1.45 bits per heavy atom. The summed E-state index contributed by atoms with van der Waals surface area (Å²) in [7, 11) is 0. The van der Waals surface area contributed by atoms with Gasteiger partial charge < -0.3 is 11.1 Å². The van der Waals surface area contributed by atoms with Crippen molar-refractivity contribution in [1.29, 1.82) is 0 Å². The first-order valence-electron chi connectivity index (χ1n) is 7.07. The molecule has 0 aliphatic rings. The maximum absolute atomic E-state index is 13.3. The molecule has 2 unspecified atom stereocenters. The molecule has 0 saturated carbocycles. The molecule has 0 radical (unpaired) electrons. The fourth-order valence-corrected chi connectivity index (χ4v) is 1.95. The van der Waals surface area contributed by atoms with Crippen LogP contribution in [-0.2, 0) is 10.2 Å². The molecule has 0 spiro atoms. The molecule has 0 saturated heterocycles. The van der Waals surface area contributed by atoms with Crippen LogP contribution in [0.4, 0.5) is 4.39 Å². The van der Waals surface area contributed by atoms with Crippen LogP contribution in [0.3, 0.4) is 0 Å². The van der Waals surface area contributed by atoms with E-state index in [1.807, 2.05) is 33.8 Å². The summed E-state index contributed by atoms with van der Waals surface area (Å²) >= 11 is 0.